The lowest BCUT2D eigenvalue weighted by atomic mass is 10.1. The van der Waals surface area contributed by atoms with Crippen LogP contribution in [0, 0.1) is 23.2 Å². The summed E-state index contributed by atoms with van der Waals surface area (Å²) in [6.45, 7) is 4.32. The van der Waals surface area contributed by atoms with Gasteiger partial charge in [-0.15, -0.1) is 0 Å². The summed E-state index contributed by atoms with van der Waals surface area (Å²) in [5.74, 6) is -1.45. The highest BCUT2D eigenvalue weighted by molar-refractivity contribution is 7.85. The van der Waals surface area contributed by atoms with E-state index in [4.69, 9.17) is 16.7 Å². The molecule has 0 saturated carbocycles. The molecule has 186 valence electrons. The normalized spacial score (nSPS) is 22.4. The van der Waals surface area contributed by atoms with E-state index < -0.39 is 34.0 Å². The van der Waals surface area contributed by atoms with Gasteiger partial charge in [0.2, 0.25) is 23.6 Å². The summed E-state index contributed by atoms with van der Waals surface area (Å²) in [4.78, 5) is 48.5. The fourth-order valence-electron chi connectivity index (χ4n) is 3.97. The number of nitriles is 1. The first-order chi connectivity index (χ1) is 15.3. The van der Waals surface area contributed by atoms with E-state index in [0.29, 0.717) is 38.8 Å². The molecule has 33 heavy (non-hydrogen) atoms. The molecule has 2 aliphatic heterocycles. The second-order valence-electron chi connectivity index (χ2n) is 8.24. The summed E-state index contributed by atoms with van der Waals surface area (Å²) >= 11 is 0. The third kappa shape index (κ3) is 8.62. The zero-order valence-electron chi connectivity index (χ0n) is 19.2. The first kappa shape index (κ1) is 28.3. The zero-order valence-corrected chi connectivity index (χ0v) is 20.0. The molecule has 4 atom stereocenters. The maximum atomic E-state index is 11.7. The predicted molar refractivity (Wildman–Crippen MR) is 117 cm³/mol. The Hall–Kier alpha value is -2.72. The highest BCUT2D eigenvalue weighted by Gasteiger charge is 2.37. The van der Waals surface area contributed by atoms with Crippen LogP contribution in [0.3, 0.4) is 0 Å². The molecule has 12 nitrogen and oxygen atoms in total. The lowest BCUT2D eigenvalue weighted by Gasteiger charge is -2.24. The number of nitrogens with zero attached hydrogens (tertiary/aromatic N) is 3. The second kappa shape index (κ2) is 12.5. The van der Waals surface area contributed by atoms with Gasteiger partial charge in [-0.3, -0.25) is 23.4 Å². The fraction of sp³-hybridized carbons (Fsp3) is 0.750. The lowest BCUT2D eigenvalue weighted by molar-refractivity contribution is -0.136. The van der Waals surface area contributed by atoms with Crippen molar-refractivity contribution < 1.29 is 31.8 Å². The minimum atomic E-state index is -3.51. The van der Waals surface area contributed by atoms with Crippen LogP contribution in [-0.2, 0) is 33.5 Å². The second-order valence-corrected chi connectivity index (χ2v) is 9.88. The Labute approximate surface area is 194 Å². The Morgan fingerprint density at radius 3 is 1.82 bits per heavy atom. The van der Waals surface area contributed by atoms with Crippen molar-refractivity contribution in [3.05, 3.63) is 0 Å². The van der Waals surface area contributed by atoms with Gasteiger partial charge in [-0.1, -0.05) is 13.8 Å². The predicted octanol–water partition coefficient (Wildman–Crippen LogP) is -0.913. The largest absolute Gasteiger partial charge is 0.368 e. The minimum absolute atomic E-state index is 0.0454. The number of likely N-dealkylation sites (tertiary alicyclic amines) is 2. The Bertz CT molecular complexity index is 886. The minimum Gasteiger partial charge on any atom is -0.368 e. The topological polar surface area (TPSA) is 194 Å². The van der Waals surface area contributed by atoms with E-state index in [1.165, 1.54) is 9.80 Å². The van der Waals surface area contributed by atoms with Crippen molar-refractivity contribution in [1.82, 2.24) is 9.80 Å². The summed E-state index contributed by atoms with van der Waals surface area (Å²) in [5, 5.41) is 8.53. The summed E-state index contributed by atoms with van der Waals surface area (Å²) in [7, 11) is -3.51. The molecule has 0 aromatic heterocycles. The SMILES string of the molecule is CC[C@@H](C(N)=O)N1CC(CC#N)CC1=O.CC[C@@H](C(N)=O)N1CC(COS(C)(=O)=O)CC1=O. The maximum absolute atomic E-state index is 11.7. The van der Waals surface area contributed by atoms with Crippen LogP contribution in [0.15, 0.2) is 0 Å². The highest BCUT2D eigenvalue weighted by Crippen LogP contribution is 2.24. The number of hydrogen-bond donors (Lipinski definition) is 2. The van der Waals surface area contributed by atoms with Crippen LogP contribution in [0.4, 0.5) is 0 Å². The Morgan fingerprint density at radius 2 is 1.45 bits per heavy atom. The summed E-state index contributed by atoms with van der Waals surface area (Å²) < 4.78 is 26.4. The van der Waals surface area contributed by atoms with Gasteiger partial charge in [0.1, 0.15) is 12.1 Å². The third-order valence-electron chi connectivity index (χ3n) is 5.56. The Morgan fingerprint density at radius 1 is 1.03 bits per heavy atom. The molecule has 0 aromatic carbocycles. The Kier molecular flexibility index (Phi) is 10.7. The van der Waals surface area contributed by atoms with Gasteiger partial charge >= 0.3 is 0 Å². The summed E-state index contributed by atoms with van der Waals surface area (Å²) in [5.41, 5.74) is 10.4. The molecule has 4 amide bonds. The molecule has 0 bridgehead atoms. The molecule has 13 heteroatoms. The standard InChI is InChI=1S/C10H15N3O2.C10H18N2O5S/c1-2-8(10(12)15)13-6-7(3-4-11)5-9(13)14;1-3-8(10(11)14)12-5-7(4-9(12)13)6-17-18(2,15)16/h7-8H,2-3,5-6H2,1H3,(H2,12,15);7-8H,3-6H2,1-2H3,(H2,11,14)/t2*7?,8-/m00/s1. The van der Waals surface area contributed by atoms with Crippen molar-refractivity contribution in [3.63, 3.8) is 0 Å². The van der Waals surface area contributed by atoms with Gasteiger partial charge in [0.25, 0.3) is 10.1 Å². The van der Waals surface area contributed by atoms with Gasteiger partial charge in [0.05, 0.1) is 18.9 Å². The Balaban J connectivity index is 0.000000335. The van der Waals surface area contributed by atoms with Crippen molar-refractivity contribution in [1.29, 1.82) is 5.26 Å². The molecule has 2 fully saturated rings. The van der Waals surface area contributed by atoms with Crippen LogP contribution in [0.5, 0.6) is 0 Å². The van der Waals surface area contributed by atoms with Gasteiger partial charge in [0, 0.05) is 38.3 Å². The molecular formula is C20H33N5O7S. The average molecular weight is 488 g/mol. The van der Waals surface area contributed by atoms with Crippen molar-refractivity contribution in [2.45, 2.75) is 58.0 Å². The molecule has 2 saturated heterocycles. The van der Waals surface area contributed by atoms with Gasteiger partial charge < -0.3 is 21.3 Å². The number of rotatable bonds is 10. The van der Waals surface area contributed by atoms with Crippen LogP contribution in [0.25, 0.3) is 0 Å². The number of carbonyl (C=O) groups excluding carboxylic acids is 4. The van der Waals surface area contributed by atoms with Crippen LogP contribution in [-0.4, -0.2) is 79.9 Å². The molecular weight excluding hydrogens is 454 g/mol. The first-order valence-electron chi connectivity index (χ1n) is 10.7. The van der Waals surface area contributed by atoms with Crippen LogP contribution in [0.1, 0.15) is 46.0 Å². The van der Waals surface area contributed by atoms with Crippen molar-refractivity contribution in [2.24, 2.45) is 23.3 Å². The third-order valence-corrected chi connectivity index (χ3v) is 6.12. The van der Waals surface area contributed by atoms with E-state index in [1.54, 1.807) is 6.92 Å². The number of amides is 4. The smallest absolute Gasteiger partial charge is 0.264 e. The summed E-state index contributed by atoms with van der Waals surface area (Å²) in [6.07, 6.45) is 2.83. The number of hydrogen-bond acceptors (Lipinski definition) is 8. The monoisotopic (exact) mass is 487 g/mol. The number of primary amides is 2. The van der Waals surface area contributed by atoms with Gasteiger partial charge in [-0.25, -0.2) is 0 Å². The van der Waals surface area contributed by atoms with Crippen molar-refractivity contribution in [3.8, 4) is 6.07 Å². The van der Waals surface area contributed by atoms with E-state index in [0.717, 1.165) is 6.26 Å². The quantitative estimate of drug-likeness (QED) is 0.369. The number of nitrogens with two attached hydrogens (primary N) is 2. The van der Waals surface area contributed by atoms with Crippen LogP contribution >= 0.6 is 0 Å². The summed E-state index contributed by atoms with van der Waals surface area (Å²) in [6, 6.07) is 0.905. The maximum Gasteiger partial charge on any atom is 0.264 e. The fourth-order valence-corrected chi connectivity index (χ4v) is 4.41. The molecule has 0 spiro atoms. The van der Waals surface area contributed by atoms with E-state index in [1.807, 2.05) is 13.0 Å². The van der Waals surface area contributed by atoms with E-state index >= 15 is 0 Å². The highest BCUT2D eigenvalue weighted by atomic mass is 32.2. The van der Waals surface area contributed by atoms with Gasteiger partial charge in [-0.05, 0) is 18.8 Å². The zero-order chi connectivity index (χ0) is 25.3. The van der Waals surface area contributed by atoms with Crippen LogP contribution < -0.4 is 11.5 Å². The molecule has 0 radical (unpaired) electrons. The molecule has 0 aliphatic carbocycles. The van der Waals surface area contributed by atoms with E-state index in [9.17, 15) is 27.6 Å². The van der Waals surface area contributed by atoms with Crippen LogP contribution in [0.2, 0.25) is 0 Å². The lowest BCUT2D eigenvalue weighted by Crippen LogP contribution is -2.45. The van der Waals surface area contributed by atoms with Gasteiger partial charge in [0.15, 0.2) is 0 Å². The van der Waals surface area contributed by atoms with Crippen molar-refractivity contribution in [2.75, 3.05) is 26.0 Å². The first-order valence-corrected chi connectivity index (χ1v) is 12.5. The molecule has 2 heterocycles. The van der Waals surface area contributed by atoms with Crippen molar-refractivity contribution >= 4 is 33.7 Å². The molecule has 4 N–H and O–H groups in total. The molecule has 2 rings (SSSR count). The average Bonchev–Trinajstić information content (AvgIpc) is 3.24. The van der Waals surface area contributed by atoms with Gasteiger partial charge in [-0.2, -0.15) is 13.7 Å². The molecule has 2 unspecified atom stereocenters. The molecule has 2 aliphatic rings. The van der Waals surface area contributed by atoms with E-state index in [-0.39, 0.29) is 36.7 Å². The van der Waals surface area contributed by atoms with E-state index in [2.05, 4.69) is 4.18 Å². The number of carbonyl (C=O) groups is 4. The molecule has 0 aromatic rings.